The number of nitrogens with one attached hydrogen (secondary N) is 1. The molecule has 0 aliphatic rings. The summed E-state index contributed by atoms with van der Waals surface area (Å²) in [6, 6.07) is 5.45. The van der Waals surface area contributed by atoms with E-state index in [1.165, 1.54) is 36.7 Å². The maximum Gasteiger partial charge on any atom is 0.332 e. The second kappa shape index (κ2) is 6.51. The number of fused-ring (bicyclic) bond motifs is 1. The van der Waals surface area contributed by atoms with Crippen LogP contribution in [0.4, 0.5) is 5.69 Å². The topological polar surface area (TPSA) is 100 Å². The summed E-state index contributed by atoms with van der Waals surface area (Å²) in [6.07, 6.45) is 1.37. The Morgan fingerprint density at radius 1 is 1.23 bits per heavy atom. The van der Waals surface area contributed by atoms with Crippen LogP contribution >= 0.6 is 0 Å². The summed E-state index contributed by atoms with van der Waals surface area (Å²) < 4.78 is 8.99. The third-order valence-electron chi connectivity index (χ3n) is 4.15. The van der Waals surface area contributed by atoms with E-state index in [0.29, 0.717) is 17.1 Å². The summed E-state index contributed by atoms with van der Waals surface area (Å²) in [5.41, 5.74) is 0.972. The van der Waals surface area contributed by atoms with Crippen molar-refractivity contribution in [2.75, 3.05) is 12.4 Å². The summed E-state index contributed by atoms with van der Waals surface area (Å²) in [5.74, 6) is 0.210. The van der Waals surface area contributed by atoms with Gasteiger partial charge < -0.3 is 14.6 Å². The average Bonchev–Trinajstić information content (AvgIpc) is 3.02. The number of carbonyl (C=O) groups is 1. The van der Waals surface area contributed by atoms with E-state index in [1.54, 1.807) is 12.1 Å². The molecule has 0 saturated heterocycles. The van der Waals surface area contributed by atoms with Gasteiger partial charge in [0.15, 0.2) is 5.52 Å². The highest BCUT2D eigenvalue weighted by Gasteiger charge is 2.16. The number of aryl methyl sites for hydroxylation is 2. The smallest absolute Gasteiger partial charge is 0.332 e. The van der Waals surface area contributed by atoms with Gasteiger partial charge >= 0.3 is 5.69 Å². The first-order chi connectivity index (χ1) is 12.3. The van der Waals surface area contributed by atoms with Gasteiger partial charge in [-0.2, -0.15) is 0 Å². The van der Waals surface area contributed by atoms with Gasteiger partial charge in [0.2, 0.25) is 5.91 Å². The zero-order valence-electron chi connectivity index (χ0n) is 14.9. The van der Waals surface area contributed by atoms with Crippen molar-refractivity contribution >= 4 is 22.8 Å². The van der Waals surface area contributed by atoms with Crippen LogP contribution in [-0.2, 0) is 25.4 Å². The molecule has 3 rings (SSSR count). The molecule has 3 aromatic rings. The summed E-state index contributed by atoms with van der Waals surface area (Å²) in [7, 11) is 4.44. The lowest BCUT2D eigenvalue weighted by molar-refractivity contribution is -0.116. The molecule has 136 valence electrons. The number of rotatable bonds is 4. The first kappa shape index (κ1) is 17.5. The van der Waals surface area contributed by atoms with Crippen molar-refractivity contribution in [3.8, 4) is 5.75 Å². The van der Waals surface area contributed by atoms with Crippen molar-refractivity contribution in [1.29, 1.82) is 0 Å². The minimum absolute atomic E-state index is 0.103. The SMILES string of the molecule is COc1ccc(C)cc1NC(=O)Cn1cnc2c(=O)n(C)c(=O)n(C)c21. The lowest BCUT2D eigenvalue weighted by Gasteiger charge is -2.12. The van der Waals surface area contributed by atoms with Crippen LogP contribution in [0.1, 0.15) is 5.56 Å². The van der Waals surface area contributed by atoms with Gasteiger partial charge in [0, 0.05) is 14.1 Å². The number of carbonyl (C=O) groups excluding carboxylic acids is 1. The lowest BCUT2D eigenvalue weighted by Crippen LogP contribution is -2.37. The van der Waals surface area contributed by atoms with Crippen molar-refractivity contribution < 1.29 is 9.53 Å². The summed E-state index contributed by atoms with van der Waals surface area (Å²) in [5, 5.41) is 2.78. The Labute approximate surface area is 148 Å². The molecule has 0 aliphatic heterocycles. The van der Waals surface area contributed by atoms with Crippen LogP contribution in [0.5, 0.6) is 5.75 Å². The maximum atomic E-state index is 12.5. The fourth-order valence-electron chi connectivity index (χ4n) is 2.82. The first-order valence-corrected chi connectivity index (χ1v) is 7.89. The van der Waals surface area contributed by atoms with Crippen LogP contribution in [0, 0.1) is 6.92 Å². The Hall–Kier alpha value is -3.36. The van der Waals surface area contributed by atoms with E-state index in [-0.39, 0.29) is 18.0 Å². The fraction of sp³-hybridized carbons (Fsp3) is 0.294. The van der Waals surface area contributed by atoms with Gasteiger partial charge in [-0.25, -0.2) is 9.78 Å². The molecule has 9 nitrogen and oxygen atoms in total. The predicted molar refractivity (Wildman–Crippen MR) is 96.6 cm³/mol. The monoisotopic (exact) mass is 357 g/mol. The molecule has 0 bridgehead atoms. The molecule has 2 heterocycles. The normalized spacial score (nSPS) is 10.9. The Bertz CT molecular complexity index is 1120. The van der Waals surface area contributed by atoms with Crippen molar-refractivity contribution in [2.45, 2.75) is 13.5 Å². The number of hydrogen-bond acceptors (Lipinski definition) is 5. The third kappa shape index (κ3) is 2.87. The quantitative estimate of drug-likeness (QED) is 0.728. The molecule has 0 saturated carbocycles. The van der Waals surface area contributed by atoms with E-state index in [4.69, 9.17) is 4.74 Å². The molecule has 2 aromatic heterocycles. The highest BCUT2D eigenvalue weighted by Crippen LogP contribution is 2.25. The molecular weight excluding hydrogens is 338 g/mol. The van der Waals surface area contributed by atoms with Crippen LogP contribution < -0.4 is 21.3 Å². The highest BCUT2D eigenvalue weighted by atomic mass is 16.5. The van der Waals surface area contributed by atoms with Crippen LogP contribution in [-0.4, -0.2) is 31.7 Å². The zero-order chi connectivity index (χ0) is 19.0. The van der Waals surface area contributed by atoms with Gasteiger partial charge in [-0.15, -0.1) is 0 Å². The second-order valence-corrected chi connectivity index (χ2v) is 6.00. The van der Waals surface area contributed by atoms with E-state index in [2.05, 4.69) is 10.3 Å². The van der Waals surface area contributed by atoms with Gasteiger partial charge in [-0.1, -0.05) is 6.07 Å². The van der Waals surface area contributed by atoms with Gasteiger partial charge in [0.05, 0.1) is 19.1 Å². The number of anilines is 1. The number of amides is 1. The molecule has 1 N–H and O–H groups in total. The number of hydrogen-bond donors (Lipinski definition) is 1. The molecule has 26 heavy (non-hydrogen) atoms. The van der Waals surface area contributed by atoms with Crippen molar-refractivity contribution in [2.24, 2.45) is 14.1 Å². The van der Waals surface area contributed by atoms with Crippen LogP contribution in [0.2, 0.25) is 0 Å². The number of benzene rings is 1. The van der Waals surface area contributed by atoms with Crippen molar-refractivity contribution in [3.05, 3.63) is 50.9 Å². The molecule has 1 aromatic carbocycles. The molecule has 0 unspecified atom stereocenters. The molecule has 0 atom stereocenters. The van der Waals surface area contributed by atoms with Crippen molar-refractivity contribution in [3.63, 3.8) is 0 Å². The van der Waals surface area contributed by atoms with E-state index in [0.717, 1.165) is 10.1 Å². The largest absolute Gasteiger partial charge is 0.495 e. The number of ether oxygens (including phenoxy) is 1. The fourth-order valence-corrected chi connectivity index (χ4v) is 2.82. The Balaban J connectivity index is 1.95. The molecular formula is C17H19N5O4. The minimum Gasteiger partial charge on any atom is -0.495 e. The van der Waals surface area contributed by atoms with Gasteiger partial charge in [0.25, 0.3) is 5.56 Å². The molecule has 0 radical (unpaired) electrons. The number of imidazole rings is 1. The summed E-state index contributed by atoms with van der Waals surface area (Å²) in [4.78, 5) is 40.8. The molecule has 0 spiro atoms. The van der Waals surface area contributed by atoms with E-state index in [1.807, 2.05) is 13.0 Å². The summed E-state index contributed by atoms with van der Waals surface area (Å²) in [6.45, 7) is 1.80. The first-order valence-electron chi connectivity index (χ1n) is 7.89. The third-order valence-corrected chi connectivity index (χ3v) is 4.15. The maximum absolute atomic E-state index is 12.5. The average molecular weight is 357 g/mol. The zero-order valence-corrected chi connectivity index (χ0v) is 14.9. The lowest BCUT2D eigenvalue weighted by atomic mass is 10.2. The Kier molecular flexibility index (Phi) is 4.37. The molecule has 1 amide bonds. The van der Waals surface area contributed by atoms with Crippen LogP contribution in [0.25, 0.3) is 11.2 Å². The highest BCUT2D eigenvalue weighted by molar-refractivity contribution is 5.93. The van der Waals surface area contributed by atoms with Gasteiger partial charge in [-0.3, -0.25) is 18.7 Å². The number of methoxy groups -OCH3 is 1. The predicted octanol–water partition coefficient (Wildman–Crippen LogP) is 0.389. The Morgan fingerprint density at radius 2 is 1.96 bits per heavy atom. The van der Waals surface area contributed by atoms with E-state index >= 15 is 0 Å². The molecule has 9 heteroatoms. The number of nitrogens with zero attached hydrogens (tertiary/aromatic N) is 4. The van der Waals surface area contributed by atoms with Gasteiger partial charge in [-0.05, 0) is 24.6 Å². The van der Waals surface area contributed by atoms with E-state index < -0.39 is 11.2 Å². The van der Waals surface area contributed by atoms with Gasteiger partial charge in [0.1, 0.15) is 17.9 Å². The molecule has 0 fully saturated rings. The Morgan fingerprint density at radius 3 is 2.65 bits per heavy atom. The standard InChI is InChI=1S/C17H19N5O4/c1-10-5-6-12(26-4)11(7-10)19-13(23)8-22-9-18-14-15(22)20(2)17(25)21(3)16(14)24/h5-7,9H,8H2,1-4H3,(H,19,23). The number of aromatic nitrogens is 4. The van der Waals surface area contributed by atoms with E-state index in [9.17, 15) is 14.4 Å². The second-order valence-electron chi connectivity index (χ2n) is 6.00. The molecule has 0 aliphatic carbocycles. The van der Waals surface area contributed by atoms with Crippen LogP contribution in [0.15, 0.2) is 34.1 Å². The van der Waals surface area contributed by atoms with Crippen LogP contribution in [0.3, 0.4) is 0 Å². The minimum atomic E-state index is -0.498. The van der Waals surface area contributed by atoms with Crippen molar-refractivity contribution in [1.82, 2.24) is 18.7 Å². The summed E-state index contributed by atoms with van der Waals surface area (Å²) >= 11 is 0.